The number of hydroxylamine groups is 2. The van der Waals surface area contributed by atoms with Gasteiger partial charge in [-0.25, -0.2) is 9.86 Å². The molecule has 0 aliphatic carbocycles. The van der Waals surface area contributed by atoms with Crippen LogP contribution in [-0.2, 0) is 27.5 Å². The molecule has 0 radical (unpaired) electrons. The molecular weight excluding hydrogens is 312 g/mol. The number of nitrogens with zero attached hydrogens (tertiary/aromatic N) is 1. The van der Waals surface area contributed by atoms with Gasteiger partial charge in [0.25, 0.3) is 5.91 Å². The molecule has 0 unspecified atom stereocenters. The number of benzene rings is 1. The van der Waals surface area contributed by atoms with Crippen LogP contribution in [0.1, 0.15) is 24.0 Å². The van der Waals surface area contributed by atoms with E-state index in [0.29, 0.717) is 11.5 Å². The third kappa shape index (κ3) is 7.87. The zero-order chi connectivity index (χ0) is 17.8. The summed E-state index contributed by atoms with van der Waals surface area (Å²) in [6, 6.07) is 7.68. The fourth-order valence-corrected chi connectivity index (χ4v) is 1.91. The van der Waals surface area contributed by atoms with Crippen molar-refractivity contribution in [2.75, 3.05) is 20.2 Å². The molecule has 1 rings (SSSR count). The monoisotopic (exact) mass is 336 g/mol. The number of nitrogens with one attached hydrogen (secondary N) is 1. The molecule has 0 saturated carbocycles. The van der Waals surface area contributed by atoms with Crippen molar-refractivity contribution in [2.24, 2.45) is 0 Å². The van der Waals surface area contributed by atoms with E-state index in [1.807, 2.05) is 24.3 Å². The normalized spacial score (nSPS) is 10.8. The van der Waals surface area contributed by atoms with E-state index in [1.54, 1.807) is 0 Å². The Balaban J connectivity index is 2.13. The number of esters is 1. The zero-order valence-corrected chi connectivity index (χ0v) is 13.8. The lowest BCUT2D eigenvalue weighted by Crippen LogP contribution is -2.27. The van der Waals surface area contributed by atoms with Crippen LogP contribution in [0.3, 0.4) is 0 Å². The second-order valence-electron chi connectivity index (χ2n) is 5.18. The number of ether oxygens (including phenoxy) is 1. The summed E-state index contributed by atoms with van der Waals surface area (Å²) in [5, 5.41) is 22.3. The molecular formula is C17H24N2O5. The summed E-state index contributed by atoms with van der Waals surface area (Å²) in [6.07, 6.45) is 3.36. The first-order valence-electron chi connectivity index (χ1n) is 7.72. The van der Waals surface area contributed by atoms with Gasteiger partial charge in [-0.05, 0) is 30.5 Å². The van der Waals surface area contributed by atoms with Gasteiger partial charge in [0.1, 0.15) is 0 Å². The second-order valence-corrected chi connectivity index (χ2v) is 5.18. The Kier molecular flexibility index (Phi) is 9.36. The second kappa shape index (κ2) is 11.3. The van der Waals surface area contributed by atoms with E-state index in [9.17, 15) is 14.8 Å². The Morgan fingerprint density at radius 3 is 2.46 bits per heavy atom. The van der Waals surface area contributed by atoms with Crippen molar-refractivity contribution in [3.05, 3.63) is 47.5 Å². The van der Waals surface area contributed by atoms with Crippen molar-refractivity contribution < 1.29 is 24.6 Å². The molecule has 0 heterocycles. The van der Waals surface area contributed by atoms with Gasteiger partial charge in [-0.3, -0.25) is 10.0 Å². The van der Waals surface area contributed by atoms with E-state index in [0.717, 1.165) is 42.8 Å². The average molecular weight is 336 g/mol. The molecule has 0 aliphatic rings. The van der Waals surface area contributed by atoms with Gasteiger partial charge < -0.3 is 15.2 Å². The molecule has 0 fully saturated rings. The van der Waals surface area contributed by atoms with E-state index in [2.05, 4.69) is 10.1 Å². The molecule has 3 N–H and O–H groups in total. The fourth-order valence-electron chi connectivity index (χ4n) is 1.91. The predicted molar refractivity (Wildman–Crippen MR) is 88.0 cm³/mol. The minimum Gasteiger partial charge on any atom is -0.466 e. The minimum absolute atomic E-state index is 0.0406. The highest BCUT2D eigenvalue weighted by atomic mass is 16.5. The third-order valence-corrected chi connectivity index (χ3v) is 3.33. The summed E-state index contributed by atoms with van der Waals surface area (Å²) in [4.78, 5) is 22.3. The van der Waals surface area contributed by atoms with Gasteiger partial charge in [0.2, 0.25) is 0 Å². The van der Waals surface area contributed by atoms with E-state index in [1.165, 1.54) is 7.11 Å². The Morgan fingerprint density at radius 2 is 1.83 bits per heavy atom. The maximum absolute atomic E-state index is 11.5. The lowest BCUT2D eigenvalue weighted by Gasteiger charge is -2.12. The van der Waals surface area contributed by atoms with Gasteiger partial charge in [-0.15, -0.1) is 0 Å². The van der Waals surface area contributed by atoms with Crippen LogP contribution in [0.2, 0.25) is 0 Å². The third-order valence-electron chi connectivity index (χ3n) is 3.33. The minimum atomic E-state index is -0.655. The number of hydrogen-bond acceptors (Lipinski definition) is 6. The van der Waals surface area contributed by atoms with Gasteiger partial charge in [-0.1, -0.05) is 24.3 Å². The number of methoxy groups -OCH3 is 1. The van der Waals surface area contributed by atoms with Crippen molar-refractivity contribution in [3.63, 3.8) is 0 Å². The summed E-state index contributed by atoms with van der Waals surface area (Å²) in [7, 11) is 1.21. The number of hydrogen-bond donors (Lipinski definition) is 3. The molecule has 0 aromatic heterocycles. The molecule has 24 heavy (non-hydrogen) atoms. The first-order chi connectivity index (χ1) is 11.6. The fraction of sp³-hybridized carbons (Fsp3) is 0.412. The molecule has 0 saturated heterocycles. The van der Waals surface area contributed by atoms with E-state index in [-0.39, 0.29) is 13.2 Å². The van der Waals surface area contributed by atoms with Crippen molar-refractivity contribution in [1.82, 2.24) is 10.4 Å². The number of aliphatic hydroxyl groups excluding tert-OH is 1. The number of unbranched alkanes of at least 4 members (excludes halogenated alkanes) is 1. The molecule has 1 aromatic carbocycles. The summed E-state index contributed by atoms with van der Waals surface area (Å²) >= 11 is 0. The largest absolute Gasteiger partial charge is 0.466 e. The topological polar surface area (TPSA) is 99.1 Å². The highest BCUT2D eigenvalue weighted by Gasteiger charge is 2.07. The maximum atomic E-state index is 11.5. The van der Waals surface area contributed by atoms with Crippen LogP contribution < -0.4 is 5.32 Å². The standard InChI is InChI=1S/C17H24N2O5/c1-24-17(22)9-8-16(21)19(23)11-3-2-10-18-12-14-4-6-15(13-20)7-5-14/h4-9,18,20,23H,2-3,10-13H2,1H3/b9-8+. The molecule has 1 amide bonds. The van der Waals surface area contributed by atoms with Crippen LogP contribution in [0.25, 0.3) is 0 Å². The Labute approximate surface area is 141 Å². The molecule has 7 heteroatoms. The average Bonchev–Trinajstić information content (AvgIpc) is 2.62. The van der Waals surface area contributed by atoms with Crippen LogP contribution >= 0.6 is 0 Å². The van der Waals surface area contributed by atoms with Gasteiger partial charge in [0.15, 0.2) is 0 Å². The molecule has 0 atom stereocenters. The highest BCUT2D eigenvalue weighted by molar-refractivity contribution is 5.93. The van der Waals surface area contributed by atoms with Crippen LogP contribution in [0.5, 0.6) is 0 Å². The predicted octanol–water partition coefficient (Wildman–Crippen LogP) is 0.996. The molecule has 132 valence electrons. The van der Waals surface area contributed by atoms with Gasteiger partial charge in [0, 0.05) is 25.2 Å². The van der Waals surface area contributed by atoms with E-state index >= 15 is 0 Å². The van der Waals surface area contributed by atoms with Crippen molar-refractivity contribution in [2.45, 2.75) is 26.0 Å². The lowest BCUT2D eigenvalue weighted by molar-refractivity contribution is -0.159. The molecule has 0 spiro atoms. The summed E-state index contributed by atoms with van der Waals surface area (Å²) in [6.45, 7) is 1.70. The smallest absolute Gasteiger partial charge is 0.330 e. The van der Waals surface area contributed by atoms with Crippen LogP contribution in [0.15, 0.2) is 36.4 Å². The molecule has 1 aromatic rings. The van der Waals surface area contributed by atoms with Crippen LogP contribution in [0, 0.1) is 0 Å². The summed E-state index contributed by atoms with van der Waals surface area (Å²) < 4.78 is 4.36. The first kappa shape index (κ1) is 19.8. The quantitative estimate of drug-likeness (QED) is 0.194. The summed E-state index contributed by atoms with van der Waals surface area (Å²) in [5.41, 5.74) is 2.01. The Morgan fingerprint density at radius 1 is 1.17 bits per heavy atom. The van der Waals surface area contributed by atoms with Crippen molar-refractivity contribution in [3.8, 4) is 0 Å². The zero-order valence-electron chi connectivity index (χ0n) is 13.8. The molecule has 7 nitrogen and oxygen atoms in total. The SMILES string of the molecule is COC(=O)/C=C/C(=O)N(O)CCCCNCc1ccc(CO)cc1. The number of aliphatic hydroxyl groups is 1. The van der Waals surface area contributed by atoms with Gasteiger partial charge >= 0.3 is 5.97 Å². The van der Waals surface area contributed by atoms with E-state index < -0.39 is 11.9 Å². The Bertz CT molecular complexity index is 542. The Hall–Kier alpha value is -2.22. The van der Waals surface area contributed by atoms with Crippen molar-refractivity contribution >= 4 is 11.9 Å². The number of rotatable bonds is 10. The van der Waals surface area contributed by atoms with Gasteiger partial charge in [-0.2, -0.15) is 0 Å². The van der Waals surface area contributed by atoms with Crippen LogP contribution in [0.4, 0.5) is 0 Å². The van der Waals surface area contributed by atoms with Gasteiger partial charge in [0.05, 0.1) is 13.7 Å². The molecule has 0 bridgehead atoms. The van der Waals surface area contributed by atoms with Crippen molar-refractivity contribution in [1.29, 1.82) is 0 Å². The highest BCUT2D eigenvalue weighted by Crippen LogP contribution is 2.04. The number of amides is 1. The first-order valence-corrected chi connectivity index (χ1v) is 7.72. The lowest BCUT2D eigenvalue weighted by atomic mass is 10.1. The maximum Gasteiger partial charge on any atom is 0.330 e. The van der Waals surface area contributed by atoms with Crippen LogP contribution in [-0.4, -0.2) is 47.5 Å². The van der Waals surface area contributed by atoms with E-state index in [4.69, 9.17) is 5.11 Å². The number of carbonyl (C=O) groups excluding carboxylic acids is 2. The number of carbonyl (C=O) groups is 2. The molecule has 0 aliphatic heterocycles. The summed E-state index contributed by atoms with van der Waals surface area (Å²) in [5.74, 6) is -1.30.